The molecule has 6 nitrogen and oxygen atoms in total. The number of aromatic nitrogens is 2. The molecule has 1 N–H and O–H groups in total. The largest absolute Gasteiger partial charge is 0.481 e. The molecule has 0 aliphatic carbocycles. The van der Waals surface area contributed by atoms with Crippen LogP contribution in [0.15, 0.2) is 6.07 Å². The lowest BCUT2D eigenvalue weighted by Crippen LogP contribution is -2.43. The standard InChI is InChI=1S/C13H19N3O3/c1-9-14-10(8-11(15-9)19-3)16-6-4-13(2,5-7-16)12(17)18/h8H,4-7H2,1-3H3,(H,17,18). The van der Waals surface area contributed by atoms with Crippen LogP contribution < -0.4 is 9.64 Å². The first-order chi connectivity index (χ1) is 8.94. The molecule has 0 saturated carbocycles. The Morgan fingerprint density at radius 1 is 1.42 bits per heavy atom. The Balaban J connectivity index is 2.13. The van der Waals surface area contributed by atoms with Crippen LogP contribution in [0, 0.1) is 12.3 Å². The Morgan fingerprint density at radius 3 is 2.58 bits per heavy atom. The summed E-state index contributed by atoms with van der Waals surface area (Å²) < 4.78 is 5.13. The van der Waals surface area contributed by atoms with Crippen LogP contribution in [-0.4, -0.2) is 41.2 Å². The molecule has 0 spiro atoms. The summed E-state index contributed by atoms with van der Waals surface area (Å²) in [6.07, 6.45) is 1.24. The van der Waals surface area contributed by atoms with Crippen molar-refractivity contribution in [1.29, 1.82) is 0 Å². The number of carboxylic acid groups (broad SMARTS) is 1. The second-order valence-corrected chi connectivity index (χ2v) is 5.17. The number of nitrogens with zero attached hydrogens (tertiary/aromatic N) is 3. The molecule has 1 aliphatic heterocycles. The van der Waals surface area contributed by atoms with Gasteiger partial charge in [0.15, 0.2) is 0 Å². The van der Waals surface area contributed by atoms with Gasteiger partial charge in [0.1, 0.15) is 11.6 Å². The Bertz CT molecular complexity index is 482. The highest BCUT2D eigenvalue weighted by Gasteiger charge is 2.37. The normalized spacial score (nSPS) is 18.2. The van der Waals surface area contributed by atoms with Crippen molar-refractivity contribution in [3.63, 3.8) is 0 Å². The maximum atomic E-state index is 11.2. The van der Waals surface area contributed by atoms with E-state index in [0.717, 1.165) is 5.82 Å². The maximum Gasteiger partial charge on any atom is 0.309 e. The molecule has 1 aliphatic rings. The monoisotopic (exact) mass is 265 g/mol. The third-order valence-corrected chi connectivity index (χ3v) is 3.72. The minimum atomic E-state index is -0.719. The number of aliphatic carboxylic acids is 1. The number of carbonyl (C=O) groups is 1. The van der Waals surface area contributed by atoms with Gasteiger partial charge < -0.3 is 14.7 Å². The molecule has 6 heteroatoms. The van der Waals surface area contributed by atoms with Crippen LogP contribution in [0.1, 0.15) is 25.6 Å². The van der Waals surface area contributed by atoms with E-state index in [1.54, 1.807) is 20.1 Å². The van der Waals surface area contributed by atoms with Crippen LogP contribution in [0.3, 0.4) is 0 Å². The van der Waals surface area contributed by atoms with Crippen LogP contribution in [0.25, 0.3) is 0 Å². The molecule has 2 rings (SSSR count). The molecule has 0 atom stereocenters. The number of hydrogen-bond donors (Lipinski definition) is 1. The Labute approximate surface area is 112 Å². The Hall–Kier alpha value is -1.85. The molecule has 2 heterocycles. The number of carboxylic acids is 1. The lowest BCUT2D eigenvalue weighted by molar-refractivity contribution is -0.149. The van der Waals surface area contributed by atoms with Crippen molar-refractivity contribution in [2.45, 2.75) is 26.7 Å². The van der Waals surface area contributed by atoms with Gasteiger partial charge in [-0.15, -0.1) is 0 Å². The average Bonchev–Trinajstić information content (AvgIpc) is 2.38. The summed E-state index contributed by atoms with van der Waals surface area (Å²) in [5, 5.41) is 9.22. The minimum Gasteiger partial charge on any atom is -0.481 e. The van der Waals surface area contributed by atoms with Gasteiger partial charge in [-0.2, -0.15) is 4.98 Å². The van der Waals surface area contributed by atoms with Gasteiger partial charge >= 0.3 is 5.97 Å². The van der Waals surface area contributed by atoms with E-state index in [-0.39, 0.29) is 0 Å². The lowest BCUT2D eigenvalue weighted by Gasteiger charge is -2.37. The van der Waals surface area contributed by atoms with Gasteiger partial charge in [-0.3, -0.25) is 4.79 Å². The van der Waals surface area contributed by atoms with Gasteiger partial charge in [-0.1, -0.05) is 0 Å². The van der Waals surface area contributed by atoms with Gasteiger partial charge in [0, 0.05) is 19.2 Å². The van der Waals surface area contributed by atoms with E-state index in [9.17, 15) is 9.90 Å². The fraction of sp³-hybridized carbons (Fsp3) is 0.615. The molecule has 1 aromatic heterocycles. The highest BCUT2D eigenvalue weighted by molar-refractivity contribution is 5.74. The molecule has 0 unspecified atom stereocenters. The minimum absolute atomic E-state index is 0.536. The first-order valence-corrected chi connectivity index (χ1v) is 6.33. The zero-order chi connectivity index (χ0) is 14.0. The van der Waals surface area contributed by atoms with Crippen LogP contribution in [0.2, 0.25) is 0 Å². The summed E-state index contributed by atoms with van der Waals surface area (Å²) in [5.41, 5.74) is -0.622. The summed E-state index contributed by atoms with van der Waals surface area (Å²) in [7, 11) is 1.57. The molecule has 104 valence electrons. The number of aryl methyl sites for hydroxylation is 1. The molecule has 1 aromatic rings. The fourth-order valence-electron chi connectivity index (χ4n) is 2.24. The molecule has 1 saturated heterocycles. The van der Waals surface area contributed by atoms with Crippen molar-refractivity contribution in [2.75, 3.05) is 25.1 Å². The molecule has 0 aromatic carbocycles. The van der Waals surface area contributed by atoms with Crippen molar-refractivity contribution in [3.8, 4) is 5.88 Å². The highest BCUT2D eigenvalue weighted by atomic mass is 16.5. The van der Waals surface area contributed by atoms with Gasteiger partial charge in [0.25, 0.3) is 0 Å². The first-order valence-electron chi connectivity index (χ1n) is 6.33. The van der Waals surface area contributed by atoms with Crippen molar-refractivity contribution in [3.05, 3.63) is 11.9 Å². The molecular weight excluding hydrogens is 246 g/mol. The van der Waals surface area contributed by atoms with E-state index >= 15 is 0 Å². The van der Waals surface area contributed by atoms with Crippen molar-refractivity contribution < 1.29 is 14.6 Å². The topological polar surface area (TPSA) is 75.5 Å². The van der Waals surface area contributed by atoms with E-state index in [0.29, 0.717) is 37.6 Å². The zero-order valence-electron chi connectivity index (χ0n) is 11.5. The zero-order valence-corrected chi connectivity index (χ0v) is 11.5. The van der Waals surface area contributed by atoms with Gasteiger partial charge in [-0.05, 0) is 26.7 Å². The van der Waals surface area contributed by atoms with E-state index in [1.165, 1.54) is 0 Å². The summed E-state index contributed by atoms with van der Waals surface area (Å²) in [6, 6.07) is 1.79. The Morgan fingerprint density at radius 2 is 2.05 bits per heavy atom. The van der Waals surface area contributed by atoms with Crippen LogP contribution >= 0.6 is 0 Å². The van der Waals surface area contributed by atoms with Crippen LogP contribution in [0.4, 0.5) is 5.82 Å². The van der Waals surface area contributed by atoms with E-state index in [1.807, 2.05) is 6.92 Å². The van der Waals surface area contributed by atoms with Crippen LogP contribution in [0.5, 0.6) is 5.88 Å². The predicted octanol–water partition coefficient (Wildman–Crippen LogP) is 1.48. The first kappa shape index (κ1) is 13.6. The maximum absolute atomic E-state index is 11.2. The van der Waals surface area contributed by atoms with E-state index in [2.05, 4.69) is 14.9 Å². The van der Waals surface area contributed by atoms with Crippen molar-refractivity contribution in [2.24, 2.45) is 5.41 Å². The quantitative estimate of drug-likeness (QED) is 0.892. The molecule has 0 amide bonds. The third kappa shape index (κ3) is 2.77. The molecular formula is C13H19N3O3. The van der Waals surface area contributed by atoms with E-state index in [4.69, 9.17) is 4.74 Å². The lowest BCUT2D eigenvalue weighted by atomic mass is 9.80. The fourth-order valence-corrected chi connectivity index (χ4v) is 2.24. The van der Waals surface area contributed by atoms with E-state index < -0.39 is 11.4 Å². The summed E-state index contributed by atoms with van der Waals surface area (Å²) in [4.78, 5) is 21.8. The van der Waals surface area contributed by atoms with Gasteiger partial charge in [-0.25, -0.2) is 4.98 Å². The number of methoxy groups -OCH3 is 1. The third-order valence-electron chi connectivity index (χ3n) is 3.72. The number of rotatable bonds is 3. The molecule has 1 fully saturated rings. The molecule has 0 bridgehead atoms. The molecule has 0 radical (unpaired) electrons. The van der Waals surface area contributed by atoms with Gasteiger partial charge in [0.05, 0.1) is 12.5 Å². The van der Waals surface area contributed by atoms with Crippen molar-refractivity contribution >= 4 is 11.8 Å². The second-order valence-electron chi connectivity index (χ2n) is 5.17. The average molecular weight is 265 g/mol. The predicted molar refractivity (Wildman–Crippen MR) is 70.5 cm³/mol. The van der Waals surface area contributed by atoms with Crippen molar-refractivity contribution in [1.82, 2.24) is 9.97 Å². The number of hydrogen-bond acceptors (Lipinski definition) is 5. The molecule has 19 heavy (non-hydrogen) atoms. The van der Waals surface area contributed by atoms with Gasteiger partial charge in [0.2, 0.25) is 5.88 Å². The summed E-state index contributed by atoms with van der Waals surface area (Å²) in [6.45, 7) is 4.99. The Kier molecular flexibility index (Phi) is 3.59. The number of ether oxygens (including phenoxy) is 1. The highest BCUT2D eigenvalue weighted by Crippen LogP contribution is 2.33. The smallest absolute Gasteiger partial charge is 0.309 e. The SMILES string of the molecule is COc1cc(N2CCC(C)(C(=O)O)CC2)nc(C)n1. The number of piperidine rings is 1. The summed E-state index contributed by atoms with van der Waals surface area (Å²) >= 11 is 0. The van der Waals surface area contributed by atoms with Crippen LogP contribution in [-0.2, 0) is 4.79 Å². The second kappa shape index (κ2) is 5.03. The summed E-state index contributed by atoms with van der Waals surface area (Å²) in [5.74, 6) is 1.27. The number of anilines is 1.